The van der Waals surface area contributed by atoms with Crippen molar-refractivity contribution in [3.8, 4) is 0 Å². The van der Waals surface area contributed by atoms with E-state index in [1.165, 1.54) is 6.07 Å². The Morgan fingerprint density at radius 1 is 1.50 bits per heavy atom. The summed E-state index contributed by atoms with van der Waals surface area (Å²) >= 11 is 0. The summed E-state index contributed by atoms with van der Waals surface area (Å²) < 4.78 is 12.5. The highest BCUT2D eigenvalue weighted by Gasteiger charge is 2.21. The molecule has 0 bridgehead atoms. The SMILES string of the molecule is Fc1cccc(C2CN2)c1. The summed E-state index contributed by atoms with van der Waals surface area (Å²) in [7, 11) is 0. The highest BCUT2D eigenvalue weighted by Crippen LogP contribution is 2.21. The fourth-order valence-corrected chi connectivity index (χ4v) is 1.02. The molecule has 1 unspecified atom stereocenters. The molecule has 0 saturated carbocycles. The van der Waals surface area contributed by atoms with Crippen LogP contribution in [0.5, 0.6) is 0 Å². The standard InChI is InChI=1S/C8H8FN/c9-7-3-1-2-6(4-7)8-5-10-8/h1-4,8,10H,5H2. The molecule has 0 aliphatic carbocycles. The molecule has 1 fully saturated rings. The summed E-state index contributed by atoms with van der Waals surface area (Å²) in [6.45, 7) is 0.990. The van der Waals surface area contributed by atoms with Crippen LogP contribution in [-0.4, -0.2) is 6.54 Å². The lowest BCUT2D eigenvalue weighted by Crippen LogP contribution is -1.84. The van der Waals surface area contributed by atoms with Crippen molar-refractivity contribution in [2.75, 3.05) is 6.54 Å². The summed E-state index contributed by atoms with van der Waals surface area (Å²) in [4.78, 5) is 0. The van der Waals surface area contributed by atoms with E-state index in [-0.39, 0.29) is 5.82 Å². The van der Waals surface area contributed by atoms with Gasteiger partial charge in [-0.2, -0.15) is 0 Å². The fourth-order valence-electron chi connectivity index (χ4n) is 1.02. The maximum Gasteiger partial charge on any atom is 0.123 e. The summed E-state index contributed by atoms with van der Waals surface area (Å²) in [5.41, 5.74) is 1.06. The van der Waals surface area contributed by atoms with Crippen molar-refractivity contribution in [3.05, 3.63) is 35.6 Å². The molecule has 0 radical (unpaired) electrons. The molecule has 0 spiro atoms. The second-order valence-corrected chi connectivity index (χ2v) is 2.52. The van der Waals surface area contributed by atoms with E-state index in [9.17, 15) is 4.39 Å². The summed E-state index contributed by atoms with van der Waals surface area (Å²) in [5.74, 6) is -0.147. The van der Waals surface area contributed by atoms with Gasteiger partial charge in [0.1, 0.15) is 5.82 Å². The maximum absolute atomic E-state index is 12.5. The van der Waals surface area contributed by atoms with Crippen LogP contribution >= 0.6 is 0 Å². The average molecular weight is 137 g/mol. The lowest BCUT2D eigenvalue weighted by atomic mass is 10.2. The molecule has 1 heterocycles. The molecule has 0 amide bonds. The van der Waals surface area contributed by atoms with Crippen LogP contribution in [0.2, 0.25) is 0 Å². The van der Waals surface area contributed by atoms with Crippen molar-refractivity contribution >= 4 is 0 Å². The number of benzene rings is 1. The van der Waals surface area contributed by atoms with Crippen molar-refractivity contribution in [2.45, 2.75) is 6.04 Å². The van der Waals surface area contributed by atoms with Crippen LogP contribution in [-0.2, 0) is 0 Å². The molecule has 1 aromatic rings. The van der Waals surface area contributed by atoms with Crippen LogP contribution in [0, 0.1) is 5.82 Å². The zero-order valence-corrected chi connectivity index (χ0v) is 5.47. The van der Waals surface area contributed by atoms with E-state index in [4.69, 9.17) is 0 Å². The van der Waals surface area contributed by atoms with Crippen LogP contribution in [0.1, 0.15) is 11.6 Å². The second kappa shape index (κ2) is 2.06. The first-order valence-electron chi connectivity index (χ1n) is 3.35. The van der Waals surface area contributed by atoms with Crippen LogP contribution in [0.25, 0.3) is 0 Å². The van der Waals surface area contributed by atoms with Crippen molar-refractivity contribution in [1.82, 2.24) is 5.32 Å². The average Bonchev–Trinajstić information content (AvgIpc) is 2.68. The fraction of sp³-hybridized carbons (Fsp3) is 0.250. The molecule has 1 aliphatic rings. The quantitative estimate of drug-likeness (QED) is 0.581. The van der Waals surface area contributed by atoms with Crippen LogP contribution in [0.4, 0.5) is 4.39 Å². The Morgan fingerprint density at radius 2 is 2.30 bits per heavy atom. The van der Waals surface area contributed by atoms with Gasteiger partial charge in [-0.15, -0.1) is 0 Å². The zero-order valence-electron chi connectivity index (χ0n) is 5.47. The Labute approximate surface area is 58.9 Å². The number of hydrogen-bond donors (Lipinski definition) is 1. The molecule has 2 rings (SSSR count). The summed E-state index contributed by atoms with van der Waals surface area (Å²) in [6, 6.07) is 7.13. The van der Waals surface area contributed by atoms with Crippen molar-refractivity contribution in [3.63, 3.8) is 0 Å². The monoisotopic (exact) mass is 137 g/mol. The van der Waals surface area contributed by atoms with E-state index in [1.54, 1.807) is 12.1 Å². The molecule has 10 heavy (non-hydrogen) atoms. The van der Waals surface area contributed by atoms with E-state index in [1.807, 2.05) is 6.07 Å². The molecule has 0 aromatic heterocycles. The van der Waals surface area contributed by atoms with E-state index < -0.39 is 0 Å². The molecular formula is C8H8FN. The predicted octanol–water partition coefficient (Wildman–Crippen LogP) is 1.47. The summed E-state index contributed by atoms with van der Waals surface area (Å²) in [5, 5.41) is 3.11. The van der Waals surface area contributed by atoms with E-state index in [2.05, 4.69) is 5.32 Å². The minimum absolute atomic E-state index is 0.147. The molecule has 2 heteroatoms. The van der Waals surface area contributed by atoms with E-state index in [0.29, 0.717) is 6.04 Å². The maximum atomic E-state index is 12.5. The first-order chi connectivity index (χ1) is 4.86. The first kappa shape index (κ1) is 5.86. The van der Waals surface area contributed by atoms with Gasteiger partial charge < -0.3 is 5.32 Å². The van der Waals surface area contributed by atoms with Gasteiger partial charge >= 0.3 is 0 Å². The Kier molecular flexibility index (Phi) is 1.21. The van der Waals surface area contributed by atoms with Gasteiger partial charge in [0.2, 0.25) is 0 Å². The topological polar surface area (TPSA) is 21.9 Å². The molecule has 1 N–H and O–H groups in total. The Morgan fingerprint density at radius 3 is 2.90 bits per heavy atom. The molecule has 52 valence electrons. The van der Waals surface area contributed by atoms with Gasteiger partial charge in [0.05, 0.1) is 0 Å². The van der Waals surface area contributed by atoms with Gasteiger partial charge in [-0.1, -0.05) is 12.1 Å². The third kappa shape index (κ3) is 1.02. The van der Waals surface area contributed by atoms with Crippen LogP contribution in [0.15, 0.2) is 24.3 Å². The molecule has 1 nitrogen and oxygen atoms in total. The predicted molar refractivity (Wildman–Crippen MR) is 37.1 cm³/mol. The van der Waals surface area contributed by atoms with Gasteiger partial charge in [-0.25, -0.2) is 4.39 Å². The molecular weight excluding hydrogens is 129 g/mol. The third-order valence-electron chi connectivity index (χ3n) is 1.66. The van der Waals surface area contributed by atoms with Crippen molar-refractivity contribution < 1.29 is 4.39 Å². The minimum atomic E-state index is -0.147. The number of halogens is 1. The van der Waals surface area contributed by atoms with Crippen LogP contribution in [0.3, 0.4) is 0 Å². The highest BCUT2D eigenvalue weighted by molar-refractivity contribution is 5.23. The number of nitrogens with one attached hydrogen (secondary N) is 1. The lowest BCUT2D eigenvalue weighted by Gasteiger charge is -1.94. The second-order valence-electron chi connectivity index (χ2n) is 2.52. The van der Waals surface area contributed by atoms with Crippen molar-refractivity contribution in [2.24, 2.45) is 0 Å². The Balaban J connectivity index is 2.32. The third-order valence-corrected chi connectivity index (χ3v) is 1.66. The number of hydrogen-bond acceptors (Lipinski definition) is 1. The van der Waals surface area contributed by atoms with Gasteiger partial charge in [-0.3, -0.25) is 0 Å². The highest BCUT2D eigenvalue weighted by atomic mass is 19.1. The van der Waals surface area contributed by atoms with Gasteiger partial charge in [0.25, 0.3) is 0 Å². The molecule has 1 aliphatic heterocycles. The molecule has 1 atom stereocenters. The van der Waals surface area contributed by atoms with Gasteiger partial charge in [-0.05, 0) is 17.7 Å². The number of rotatable bonds is 1. The van der Waals surface area contributed by atoms with Gasteiger partial charge in [0.15, 0.2) is 0 Å². The largest absolute Gasteiger partial charge is 0.307 e. The minimum Gasteiger partial charge on any atom is -0.307 e. The van der Waals surface area contributed by atoms with Crippen LogP contribution < -0.4 is 5.32 Å². The zero-order chi connectivity index (χ0) is 6.97. The molecule has 1 aromatic carbocycles. The van der Waals surface area contributed by atoms with E-state index >= 15 is 0 Å². The van der Waals surface area contributed by atoms with E-state index in [0.717, 1.165) is 12.1 Å². The normalized spacial score (nSPS) is 22.7. The molecule has 1 saturated heterocycles. The first-order valence-corrected chi connectivity index (χ1v) is 3.35. The smallest absolute Gasteiger partial charge is 0.123 e. The van der Waals surface area contributed by atoms with Gasteiger partial charge in [0, 0.05) is 12.6 Å². The summed E-state index contributed by atoms with van der Waals surface area (Å²) in [6.07, 6.45) is 0. The Bertz CT molecular complexity index is 243. The lowest BCUT2D eigenvalue weighted by molar-refractivity contribution is 0.625. The Hall–Kier alpha value is -0.890. The van der Waals surface area contributed by atoms with Crippen molar-refractivity contribution in [1.29, 1.82) is 0 Å².